The third-order valence-corrected chi connectivity index (χ3v) is 21.0. The number of hydrogen-bond acceptors (Lipinski definition) is 1. The summed E-state index contributed by atoms with van der Waals surface area (Å²) in [6.07, 6.45) is 10.7. The molecule has 0 amide bonds. The van der Waals surface area contributed by atoms with Gasteiger partial charge >= 0.3 is 131 Å². The number of rotatable bonds is 12. The Labute approximate surface area is 131 Å². The molecule has 0 rings (SSSR count). The number of ketones is 1. The summed E-state index contributed by atoms with van der Waals surface area (Å²) in [4.78, 5) is 11.8. The summed E-state index contributed by atoms with van der Waals surface area (Å²) in [7, 11) is 0. The molecule has 0 aromatic rings. The molecule has 1 nitrogen and oxygen atoms in total. The van der Waals surface area contributed by atoms with Crippen LogP contribution in [0.5, 0.6) is 0 Å². The molecule has 0 aromatic heterocycles. The summed E-state index contributed by atoms with van der Waals surface area (Å²) in [6.45, 7) is 11.2. The molecule has 0 aromatic carbocycles. The minimum absolute atomic E-state index is 0.341. The van der Waals surface area contributed by atoms with Crippen molar-refractivity contribution in [3.63, 3.8) is 0 Å². The van der Waals surface area contributed by atoms with E-state index < -0.39 is 18.4 Å². The Kier molecular flexibility index (Phi) is 11.9. The molecule has 2 heteroatoms. The zero-order chi connectivity index (χ0) is 15.4. The van der Waals surface area contributed by atoms with Gasteiger partial charge in [-0.25, -0.2) is 0 Å². The second kappa shape index (κ2) is 11.8. The molecule has 0 radical (unpaired) electrons. The van der Waals surface area contributed by atoms with Crippen LogP contribution in [0.4, 0.5) is 0 Å². The van der Waals surface area contributed by atoms with Crippen molar-refractivity contribution in [2.75, 3.05) is 0 Å². The number of carbonyl (C=O) groups is 1. The summed E-state index contributed by atoms with van der Waals surface area (Å²) < 4.78 is 5.95. The van der Waals surface area contributed by atoms with Gasteiger partial charge in [-0.1, -0.05) is 0 Å². The van der Waals surface area contributed by atoms with E-state index in [1.807, 2.05) is 13.0 Å². The van der Waals surface area contributed by atoms with E-state index in [0.717, 1.165) is 0 Å². The maximum atomic E-state index is 11.8. The predicted molar refractivity (Wildman–Crippen MR) is 94.0 cm³/mol. The van der Waals surface area contributed by atoms with Gasteiger partial charge < -0.3 is 0 Å². The van der Waals surface area contributed by atoms with E-state index >= 15 is 0 Å². The van der Waals surface area contributed by atoms with E-state index in [9.17, 15) is 4.79 Å². The van der Waals surface area contributed by atoms with Crippen LogP contribution in [0.3, 0.4) is 0 Å². The van der Waals surface area contributed by atoms with Crippen LogP contribution in [0.2, 0.25) is 13.3 Å². The summed E-state index contributed by atoms with van der Waals surface area (Å²) in [5, 5.41) is 0. The molecular weight excluding hydrogens is 351 g/mol. The minimum atomic E-state index is -2.26. The Balaban J connectivity index is 5.19. The molecule has 0 unspecified atom stereocenters. The summed E-state index contributed by atoms with van der Waals surface area (Å²) in [5.74, 6) is 0.341. The third-order valence-electron chi connectivity index (χ3n) is 4.59. The zero-order valence-corrected chi connectivity index (χ0v) is 17.4. The van der Waals surface area contributed by atoms with Crippen LogP contribution in [0.25, 0.3) is 0 Å². The van der Waals surface area contributed by atoms with Crippen LogP contribution >= 0.6 is 0 Å². The second-order valence-electron chi connectivity index (χ2n) is 6.24. The van der Waals surface area contributed by atoms with Crippen molar-refractivity contribution in [1.82, 2.24) is 0 Å². The summed E-state index contributed by atoms with van der Waals surface area (Å²) in [6, 6.07) is 0. The average Bonchev–Trinajstić information content (AvgIpc) is 2.46. The number of allylic oxidation sites excluding steroid dienone is 2. The number of hydrogen-bond donors (Lipinski definition) is 0. The number of carbonyl (C=O) groups excluding carboxylic acids is 1. The molecule has 0 bridgehead atoms. The molecule has 0 fully saturated rings. The van der Waals surface area contributed by atoms with Gasteiger partial charge in [-0.2, -0.15) is 0 Å². The Morgan fingerprint density at radius 2 is 1.25 bits per heavy atom. The van der Waals surface area contributed by atoms with E-state index in [-0.39, 0.29) is 0 Å². The molecular formula is C18H36OSn. The standard InChI is InChI=1S/C6H9O.3C4H9.Sn/c1-3-5-6(7)4-2;3*1-3-4-2;/h5H,4H2,1-2H3;3*1,3-4H2,2H3;. The molecule has 0 saturated heterocycles. The van der Waals surface area contributed by atoms with Crippen LogP contribution in [0, 0.1) is 0 Å². The second-order valence-corrected chi connectivity index (χ2v) is 20.1. The first-order valence-corrected chi connectivity index (χ1v) is 16.3. The summed E-state index contributed by atoms with van der Waals surface area (Å²) in [5.41, 5.74) is 0. The monoisotopic (exact) mass is 388 g/mol. The van der Waals surface area contributed by atoms with Gasteiger partial charge in [-0.15, -0.1) is 0 Å². The molecule has 118 valence electrons. The van der Waals surface area contributed by atoms with Crippen molar-refractivity contribution >= 4 is 24.2 Å². The van der Waals surface area contributed by atoms with E-state index in [4.69, 9.17) is 0 Å². The van der Waals surface area contributed by atoms with Crippen molar-refractivity contribution in [3.8, 4) is 0 Å². The fraction of sp³-hybridized carbons (Fsp3) is 0.833. The fourth-order valence-electron chi connectivity index (χ4n) is 3.01. The van der Waals surface area contributed by atoms with E-state index in [2.05, 4.69) is 27.7 Å². The van der Waals surface area contributed by atoms with Gasteiger partial charge in [0.25, 0.3) is 0 Å². The van der Waals surface area contributed by atoms with Crippen molar-refractivity contribution in [3.05, 3.63) is 9.67 Å². The van der Waals surface area contributed by atoms with Crippen molar-refractivity contribution in [2.45, 2.75) is 92.9 Å². The molecule has 0 aliphatic heterocycles. The van der Waals surface area contributed by atoms with Crippen molar-refractivity contribution < 1.29 is 4.79 Å². The van der Waals surface area contributed by atoms with Gasteiger partial charge in [0.05, 0.1) is 0 Å². The quantitative estimate of drug-likeness (QED) is 0.284. The first kappa shape index (κ1) is 20.2. The van der Waals surface area contributed by atoms with Crippen molar-refractivity contribution in [1.29, 1.82) is 0 Å². The predicted octanol–water partition coefficient (Wildman–Crippen LogP) is 6.30. The van der Waals surface area contributed by atoms with Gasteiger partial charge in [-0.05, 0) is 0 Å². The third kappa shape index (κ3) is 7.28. The fourth-order valence-corrected chi connectivity index (χ4v) is 18.7. The molecule has 0 aliphatic rings. The molecule has 0 N–H and O–H groups in total. The van der Waals surface area contributed by atoms with Crippen molar-refractivity contribution in [2.24, 2.45) is 0 Å². The Morgan fingerprint density at radius 1 is 0.850 bits per heavy atom. The molecule has 0 heterocycles. The zero-order valence-electron chi connectivity index (χ0n) is 14.6. The van der Waals surface area contributed by atoms with Crippen LogP contribution < -0.4 is 0 Å². The van der Waals surface area contributed by atoms with Gasteiger partial charge in [0, 0.05) is 0 Å². The summed E-state index contributed by atoms with van der Waals surface area (Å²) >= 11 is -2.26. The SMILES string of the molecule is CCC[CH2][Sn]([CH2]CCC)([CH2]CCC)/[C](C)=C\C(=O)CC. The average molecular weight is 387 g/mol. The van der Waals surface area contributed by atoms with Crippen LogP contribution in [-0.2, 0) is 4.79 Å². The van der Waals surface area contributed by atoms with Gasteiger partial charge in [0.15, 0.2) is 0 Å². The van der Waals surface area contributed by atoms with E-state index in [1.165, 1.54) is 51.8 Å². The molecule has 0 spiro atoms. The first-order valence-electron chi connectivity index (χ1n) is 8.77. The molecule has 0 saturated carbocycles. The first-order chi connectivity index (χ1) is 9.56. The molecule has 20 heavy (non-hydrogen) atoms. The van der Waals surface area contributed by atoms with Gasteiger partial charge in [0.1, 0.15) is 0 Å². The Hall–Kier alpha value is 0.209. The van der Waals surface area contributed by atoms with Gasteiger partial charge in [0.2, 0.25) is 0 Å². The topological polar surface area (TPSA) is 17.1 Å². The van der Waals surface area contributed by atoms with Crippen LogP contribution in [0.15, 0.2) is 9.67 Å². The Bertz CT molecular complexity index is 272. The van der Waals surface area contributed by atoms with E-state index in [0.29, 0.717) is 12.2 Å². The molecule has 0 aliphatic carbocycles. The van der Waals surface area contributed by atoms with E-state index in [1.54, 1.807) is 3.59 Å². The molecule has 0 atom stereocenters. The Morgan fingerprint density at radius 3 is 1.55 bits per heavy atom. The maximum absolute atomic E-state index is 11.8. The number of unbranched alkanes of at least 4 members (excludes halogenated alkanes) is 3. The normalized spacial score (nSPS) is 12.8. The van der Waals surface area contributed by atoms with Gasteiger partial charge in [-0.3, -0.25) is 0 Å². The van der Waals surface area contributed by atoms with Crippen LogP contribution in [0.1, 0.15) is 79.6 Å². The van der Waals surface area contributed by atoms with Crippen LogP contribution in [-0.4, -0.2) is 24.2 Å².